The first-order valence-electron chi connectivity index (χ1n) is 5.10. The summed E-state index contributed by atoms with van der Waals surface area (Å²) in [6, 6.07) is 14.7. The van der Waals surface area contributed by atoms with Crippen LogP contribution in [0.2, 0.25) is 0 Å². The van der Waals surface area contributed by atoms with Crippen LogP contribution in [-0.4, -0.2) is 9.97 Å². The summed E-state index contributed by atoms with van der Waals surface area (Å²) in [6.45, 7) is 0. The fourth-order valence-electron chi connectivity index (χ4n) is 1.84. The normalized spacial score (nSPS) is 10.8. The van der Waals surface area contributed by atoms with Crippen molar-refractivity contribution in [3.05, 3.63) is 53.4 Å². The van der Waals surface area contributed by atoms with Crippen LogP contribution in [0.3, 0.4) is 0 Å². The maximum atomic E-state index is 5.02. The number of H-pyrrole nitrogens is 2. The van der Waals surface area contributed by atoms with E-state index in [0.717, 1.165) is 11.3 Å². The van der Waals surface area contributed by atoms with Crippen molar-refractivity contribution in [2.45, 2.75) is 0 Å². The summed E-state index contributed by atoms with van der Waals surface area (Å²) in [5.74, 6) is 0. The predicted molar refractivity (Wildman–Crippen MR) is 68.9 cm³/mol. The minimum atomic E-state index is 0.656. The third kappa shape index (κ3) is 1.55. The van der Waals surface area contributed by atoms with Crippen molar-refractivity contribution in [2.24, 2.45) is 0 Å². The Morgan fingerprint density at radius 2 is 1.75 bits per heavy atom. The van der Waals surface area contributed by atoms with E-state index in [1.807, 2.05) is 18.3 Å². The van der Waals surface area contributed by atoms with Gasteiger partial charge in [-0.1, -0.05) is 36.4 Å². The molecule has 0 aliphatic rings. The molecule has 0 fully saturated rings. The van der Waals surface area contributed by atoms with Gasteiger partial charge in [0.1, 0.15) is 0 Å². The molecule has 78 valence electrons. The van der Waals surface area contributed by atoms with E-state index in [1.165, 1.54) is 10.8 Å². The van der Waals surface area contributed by atoms with E-state index in [-0.39, 0.29) is 0 Å². The topological polar surface area (TPSA) is 31.6 Å². The fourth-order valence-corrected chi connectivity index (χ4v) is 2.01. The molecule has 0 aliphatic carbocycles. The third-order valence-electron chi connectivity index (χ3n) is 2.66. The molecule has 0 atom stereocenters. The second-order valence-electron chi connectivity index (χ2n) is 3.72. The van der Waals surface area contributed by atoms with Gasteiger partial charge in [0.25, 0.3) is 0 Å². The number of fused-ring (bicyclic) bond motifs is 1. The largest absolute Gasteiger partial charge is 0.337 e. The Kier molecular flexibility index (Phi) is 2.11. The summed E-state index contributed by atoms with van der Waals surface area (Å²) >= 11 is 5.02. The van der Waals surface area contributed by atoms with E-state index >= 15 is 0 Å². The van der Waals surface area contributed by atoms with Crippen LogP contribution < -0.4 is 0 Å². The summed E-state index contributed by atoms with van der Waals surface area (Å²) in [5, 5.41) is 2.49. The van der Waals surface area contributed by atoms with Crippen LogP contribution >= 0.6 is 12.2 Å². The molecule has 2 N–H and O–H groups in total. The SMILES string of the molecule is S=c1[nH]cc(-c2ccc3ccccc3c2)[nH]1. The lowest BCUT2D eigenvalue weighted by molar-refractivity contribution is 1.27. The number of benzene rings is 2. The number of rotatable bonds is 1. The Bertz CT molecular complexity index is 694. The molecule has 2 aromatic carbocycles. The maximum absolute atomic E-state index is 5.02. The van der Waals surface area contributed by atoms with Gasteiger partial charge in [0.05, 0.1) is 5.69 Å². The first-order chi connectivity index (χ1) is 7.83. The van der Waals surface area contributed by atoms with Crippen LogP contribution in [0, 0.1) is 4.77 Å². The van der Waals surface area contributed by atoms with Crippen LogP contribution in [0.5, 0.6) is 0 Å². The standard InChI is InChI=1S/C13H10N2S/c16-13-14-8-12(15-13)11-6-5-9-3-1-2-4-10(9)7-11/h1-8H,(H2,14,15,16). The van der Waals surface area contributed by atoms with Gasteiger partial charge < -0.3 is 9.97 Å². The molecule has 1 aromatic heterocycles. The molecule has 0 spiro atoms. The van der Waals surface area contributed by atoms with E-state index in [1.54, 1.807) is 0 Å². The Balaban J connectivity index is 2.22. The molecule has 0 unspecified atom stereocenters. The number of aromatic amines is 2. The Morgan fingerprint density at radius 3 is 2.50 bits per heavy atom. The Hall–Kier alpha value is -1.87. The quantitative estimate of drug-likeness (QED) is 0.606. The van der Waals surface area contributed by atoms with Gasteiger partial charge in [-0.05, 0) is 29.1 Å². The van der Waals surface area contributed by atoms with E-state index in [0.29, 0.717) is 4.77 Å². The zero-order valence-electron chi connectivity index (χ0n) is 8.53. The number of hydrogen-bond acceptors (Lipinski definition) is 1. The molecule has 16 heavy (non-hydrogen) atoms. The van der Waals surface area contributed by atoms with Crippen molar-refractivity contribution in [1.82, 2.24) is 9.97 Å². The predicted octanol–water partition coefficient (Wildman–Crippen LogP) is 3.89. The summed E-state index contributed by atoms with van der Waals surface area (Å²) in [5.41, 5.74) is 2.17. The first kappa shape index (κ1) is 9.36. The van der Waals surface area contributed by atoms with Gasteiger partial charge in [-0.25, -0.2) is 0 Å². The average Bonchev–Trinajstić information content (AvgIpc) is 2.75. The lowest BCUT2D eigenvalue weighted by Crippen LogP contribution is -1.78. The fraction of sp³-hybridized carbons (Fsp3) is 0. The highest BCUT2D eigenvalue weighted by Gasteiger charge is 2.00. The smallest absolute Gasteiger partial charge is 0.174 e. The van der Waals surface area contributed by atoms with Gasteiger partial charge in [-0.2, -0.15) is 0 Å². The maximum Gasteiger partial charge on any atom is 0.174 e. The van der Waals surface area contributed by atoms with Crippen molar-refractivity contribution in [3.8, 4) is 11.3 Å². The monoisotopic (exact) mass is 226 g/mol. The zero-order valence-corrected chi connectivity index (χ0v) is 9.34. The van der Waals surface area contributed by atoms with Crippen molar-refractivity contribution >= 4 is 23.0 Å². The molecule has 0 aliphatic heterocycles. The van der Waals surface area contributed by atoms with Crippen molar-refractivity contribution in [2.75, 3.05) is 0 Å². The van der Waals surface area contributed by atoms with Gasteiger partial charge >= 0.3 is 0 Å². The summed E-state index contributed by atoms with van der Waals surface area (Å²) in [7, 11) is 0. The number of aromatic nitrogens is 2. The first-order valence-corrected chi connectivity index (χ1v) is 5.51. The zero-order chi connectivity index (χ0) is 11.0. The lowest BCUT2D eigenvalue weighted by Gasteiger charge is -2.00. The Morgan fingerprint density at radius 1 is 0.938 bits per heavy atom. The van der Waals surface area contributed by atoms with Crippen molar-refractivity contribution in [3.63, 3.8) is 0 Å². The molecule has 0 radical (unpaired) electrons. The minimum Gasteiger partial charge on any atom is -0.337 e. The van der Waals surface area contributed by atoms with E-state index in [2.05, 4.69) is 40.3 Å². The average molecular weight is 226 g/mol. The highest BCUT2D eigenvalue weighted by atomic mass is 32.1. The van der Waals surface area contributed by atoms with Crippen LogP contribution in [0.4, 0.5) is 0 Å². The number of imidazole rings is 1. The van der Waals surface area contributed by atoms with Gasteiger partial charge in [-0.3, -0.25) is 0 Å². The van der Waals surface area contributed by atoms with Crippen molar-refractivity contribution in [1.29, 1.82) is 0 Å². The Labute approximate surface area is 98.0 Å². The minimum absolute atomic E-state index is 0.656. The molecule has 0 bridgehead atoms. The van der Waals surface area contributed by atoms with Crippen LogP contribution in [-0.2, 0) is 0 Å². The van der Waals surface area contributed by atoms with Gasteiger partial charge in [0, 0.05) is 11.8 Å². The number of nitrogens with one attached hydrogen (secondary N) is 2. The molecule has 3 aromatic rings. The van der Waals surface area contributed by atoms with Gasteiger partial charge in [-0.15, -0.1) is 0 Å². The van der Waals surface area contributed by atoms with Gasteiger partial charge in [0.15, 0.2) is 4.77 Å². The highest BCUT2D eigenvalue weighted by Crippen LogP contribution is 2.22. The molecule has 3 heteroatoms. The summed E-state index contributed by atoms with van der Waals surface area (Å²) in [4.78, 5) is 6.09. The second kappa shape index (κ2) is 3.61. The molecule has 3 rings (SSSR count). The lowest BCUT2D eigenvalue weighted by atomic mass is 10.1. The third-order valence-corrected chi connectivity index (χ3v) is 2.88. The van der Waals surface area contributed by atoms with E-state index in [9.17, 15) is 0 Å². The molecule has 0 amide bonds. The molecule has 0 saturated heterocycles. The number of hydrogen-bond donors (Lipinski definition) is 2. The molecule has 2 nitrogen and oxygen atoms in total. The molecular formula is C13H10N2S. The second-order valence-corrected chi connectivity index (χ2v) is 4.13. The van der Waals surface area contributed by atoms with E-state index < -0.39 is 0 Å². The van der Waals surface area contributed by atoms with Crippen LogP contribution in [0.1, 0.15) is 0 Å². The van der Waals surface area contributed by atoms with Crippen LogP contribution in [0.25, 0.3) is 22.0 Å². The summed E-state index contributed by atoms with van der Waals surface area (Å²) < 4.78 is 0.656. The molecule has 0 saturated carbocycles. The van der Waals surface area contributed by atoms with Crippen LogP contribution in [0.15, 0.2) is 48.7 Å². The van der Waals surface area contributed by atoms with Gasteiger partial charge in [0.2, 0.25) is 0 Å². The summed E-state index contributed by atoms with van der Waals surface area (Å²) in [6.07, 6.45) is 1.90. The molecular weight excluding hydrogens is 216 g/mol. The molecule has 1 heterocycles. The highest BCUT2D eigenvalue weighted by molar-refractivity contribution is 7.71. The van der Waals surface area contributed by atoms with Crippen molar-refractivity contribution < 1.29 is 0 Å². The van der Waals surface area contributed by atoms with E-state index in [4.69, 9.17) is 12.2 Å².